The quantitative estimate of drug-likeness (QED) is 0.880. The smallest absolute Gasteiger partial charge is 0.0628 e. The number of piperidine rings is 1. The van der Waals surface area contributed by atoms with E-state index in [0.717, 1.165) is 24.0 Å². The van der Waals surface area contributed by atoms with E-state index in [1.165, 1.54) is 12.0 Å². The van der Waals surface area contributed by atoms with Crippen LogP contribution in [-0.2, 0) is 4.74 Å². The van der Waals surface area contributed by atoms with Crippen molar-refractivity contribution in [3.05, 3.63) is 34.3 Å². The van der Waals surface area contributed by atoms with Crippen molar-refractivity contribution in [1.29, 1.82) is 0 Å². The van der Waals surface area contributed by atoms with E-state index in [-0.39, 0.29) is 11.0 Å². The van der Waals surface area contributed by atoms with Crippen molar-refractivity contribution < 1.29 is 4.74 Å². The normalized spacial score (nSPS) is 27.6. The molecule has 2 unspecified atom stereocenters. The van der Waals surface area contributed by atoms with Crippen LogP contribution in [0, 0.1) is 5.41 Å². The van der Waals surface area contributed by atoms with Crippen LogP contribution in [-0.4, -0.2) is 25.8 Å². The minimum atomic E-state index is -0.0731. The Balaban J connectivity index is 2.29. The van der Waals surface area contributed by atoms with Crippen LogP contribution in [0.15, 0.2) is 28.7 Å². The van der Waals surface area contributed by atoms with Gasteiger partial charge in [-0.1, -0.05) is 35.0 Å². The molecule has 1 aromatic rings. The molecule has 1 saturated heterocycles. The zero-order valence-corrected chi connectivity index (χ0v) is 14.6. The molecule has 0 radical (unpaired) electrons. The molecule has 0 aliphatic carbocycles. The van der Waals surface area contributed by atoms with Crippen molar-refractivity contribution in [3.63, 3.8) is 0 Å². The summed E-state index contributed by atoms with van der Waals surface area (Å²) < 4.78 is 6.84. The lowest BCUT2D eigenvalue weighted by molar-refractivity contribution is -0.0295. The molecule has 0 spiro atoms. The fourth-order valence-corrected chi connectivity index (χ4v) is 3.96. The lowest BCUT2D eigenvalue weighted by atomic mass is 9.64. The van der Waals surface area contributed by atoms with Gasteiger partial charge in [0.15, 0.2) is 0 Å². The van der Waals surface area contributed by atoms with E-state index in [9.17, 15) is 0 Å². The molecule has 2 atom stereocenters. The number of halogens is 1. The van der Waals surface area contributed by atoms with Gasteiger partial charge in [-0.25, -0.2) is 0 Å². The third kappa shape index (κ3) is 3.63. The summed E-state index contributed by atoms with van der Waals surface area (Å²) in [6.07, 6.45) is 2.27. The molecule has 1 aliphatic rings. The molecular formula is C17H26BrNO. The number of rotatable bonds is 4. The molecule has 2 rings (SSSR count). The molecule has 1 aromatic carbocycles. The Morgan fingerprint density at radius 2 is 2.20 bits per heavy atom. The highest BCUT2D eigenvalue weighted by molar-refractivity contribution is 9.10. The molecule has 112 valence electrons. The molecule has 1 heterocycles. The second-order valence-corrected chi connectivity index (χ2v) is 7.77. The number of hydrogen-bond donors (Lipinski definition) is 1. The van der Waals surface area contributed by atoms with Crippen molar-refractivity contribution >= 4 is 15.9 Å². The van der Waals surface area contributed by atoms with E-state index >= 15 is 0 Å². The molecule has 3 heteroatoms. The lowest BCUT2D eigenvalue weighted by Crippen LogP contribution is -2.45. The predicted molar refractivity (Wildman–Crippen MR) is 88.2 cm³/mol. The fourth-order valence-electron chi connectivity index (χ4n) is 3.54. The Morgan fingerprint density at radius 3 is 2.85 bits per heavy atom. The van der Waals surface area contributed by atoms with Crippen LogP contribution in [0.3, 0.4) is 0 Å². The Bertz CT molecular complexity index is 460. The molecule has 1 aliphatic heterocycles. The summed E-state index contributed by atoms with van der Waals surface area (Å²) in [5, 5.41) is 3.56. The first-order chi connectivity index (χ1) is 9.36. The van der Waals surface area contributed by atoms with Crippen LogP contribution >= 0.6 is 15.9 Å². The van der Waals surface area contributed by atoms with Crippen LogP contribution in [0.2, 0.25) is 0 Å². The molecule has 0 saturated carbocycles. The van der Waals surface area contributed by atoms with Gasteiger partial charge in [-0.3, -0.25) is 0 Å². The zero-order chi connectivity index (χ0) is 14.8. The SMILES string of the molecule is COC(C)(C)CC1(C)CCNCC1c1cccc(Br)c1. The van der Waals surface area contributed by atoms with E-state index in [1.54, 1.807) is 0 Å². The van der Waals surface area contributed by atoms with E-state index in [4.69, 9.17) is 4.74 Å². The van der Waals surface area contributed by atoms with Gasteiger partial charge in [0.05, 0.1) is 5.60 Å². The van der Waals surface area contributed by atoms with Crippen LogP contribution in [0.4, 0.5) is 0 Å². The van der Waals surface area contributed by atoms with Crippen LogP contribution in [0.1, 0.15) is 45.1 Å². The monoisotopic (exact) mass is 339 g/mol. The minimum absolute atomic E-state index is 0.0731. The Hall–Kier alpha value is -0.380. The summed E-state index contributed by atoms with van der Waals surface area (Å²) in [6.45, 7) is 8.95. The van der Waals surface area contributed by atoms with E-state index in [1.807, 2.05) is 7.11 Å². The standard InChI is InChI=1S/C17H26BrNO/c1-16(2,20-4)12-17(3)8-9-19-11-15(17)13-6-5-7-14(18)10-13/h5-7,10,15,19H,8-9,11-12H2,1-4H3. The maximum absolute atomic E-state index is 5.68. The molecular weight excluding hydrogens is 314 g/mol. The highest BCUT2D eigenvalue weighted by Crippen LogP contribution is 2.46. The maximum Gasteiger partial charge on any atom is 0.0628 e. The second kappa shape index (κ2) is 6.17. The van der Waals surface area contributed by atoms with Crippen LogP contribution in [0.25, 0.3) is 0 Å². The third-order valence-corrected chi connectivity index (χ3v) is 5.19. The molecule has 0 amide bonds. The van der Waals surface area contributed by atoms with Crippen molar-refractivity contribution in [2.24, 2.45) is 5.41 Å². The first kappa shape index (κ1) is 16.0. The largest absolute Gasteiger partial charge is 0.379 e. The highest BCUT2D eigenvalue weighted by Gasteiger charge is 2.41. The average molecular weight is 340 g/mol. The second-order valence-electron chi connectivity index (χ2n) is 6.86. The summed E-state index contributed by atoms with van der Waals surface area (Å²) in [6, 6.07) is 8.74. The first-order valence-corrected chi connectivity index (χ1v) is 8.17. The van der Waals surface area contributed by atoms with Gasteiger partial charge in [0, 0.05) is 24.0 Å². The highest BCUT2D eigenvalue weighted by atomic mass is 79.9. The van der Waals surface area contributed by atoms with Gasteiger partial charge < -0.3 is 10.1 Å². The summed E-state index contributed by atoms with van der Waals surface area (Å²) in [5.41, 5.74) is 1.61. The Kier molecular flexibility index (Phi) is 4.93. The van der Waals surface area contributed by atoms with Gasteiger partial charge in [-0.05, 0) is 56.3 Å². The van der Waals surface area contributed by atoms with Crippen molar-refractivity contribution in [3.8, 4) is 0 Å². The first-order valence-electron chi connectivity index (χ1n) is 7.38. The van der Waals surface area contributed by atoms with Crippen LogP contribution < -0.4 is 5.32 Å². The topological polar surface area (TPSA) is 21.3 Å². The number of nitrogens with one attached hydrogen (secondary N) is 1. The molecule has 0 aromatic heterocycles. The van der Waals surface area contributed by atoms with Gasteiger partial charge in [-0.15, -0.1) is 0 Å². The van der Waals surface area contributed by atoms with E-state index in [0.29, 0.717) is 5.92 Å². The number of benzene rings is 1. The van der Waals surface area contributed by atoms with Gasteiger partial charge in [0.1, 0.15) is 0 Å². The summed E-state index contributed by atoms with van der Waals surface area (Å²) in [4.78, 5) is 0. The van der Waals surface area contributed by atoms with Gasteiger partial charge in [0.25, 0.3) is 0 Å². The van der Waals surface area contributed by atoms with Gasteiger partial charge in [-0.2, -0.15) is 0 Å². The van der Waals surface area contributed by atoms with Crippen molar-refractivity contribution in [2.75, 3.05) is 20.2 Å². The molecule has 0 bridgehead atoms. The summed E-state index contributed by atoms with van der Waals surface area (Å²) in [5.74, 6) is 0.531. The zero-order valence-electron chi connectivity index (χ0n) is 13.0. The Morgan fingerprint density at radius 1 is 1.45 bits per heavy atom. The average Bonchev–Trinajstić information content (AvgIpc) is 2.38. The molecule has 2 nitrogen and oxygen atoms in total. The number of hydrogen-bond acceptors (Lipinski definition) is 2. The van der Waals surface area contributed by atoms with Gasteiger partial charge in [0.2, 0.25) is 0 Å². The predicted octanol–water partition coefficient (Wildman–Crippen LogP) is 4.35. The number of methoxy groups -OCH3 is 1. The summed E-state index contributed by atoms with van der Waals surface area (Å²) >= 11 is 3.60. The molecule has 1 fully saturated rings. The maximum atomic E-state index is 5.68. The van der Waals surface area contributed by atoms with Gasteiger partial charge >= 0.3 is 0 Å². The van der Waals surface area contributed by atoms with Crippen molar-refractivity contribution in [2.45, 2.75) is 45.1 Å². The van der Waals surface area contributed by atoms with Crippen LogP contribution in [0.5, 0.6) is 0 Å². The lowest BCUT2D eigenvalue weighted by Gasteiger charge is -2.46. The molecule has 20 heavy (non-hydrogen) atoms. The van der Waals surface area contributed by atoms with E-state index < -0.39 is 0 Å². The number of ether oxygens (including phenoxy) is 1. The molecule has 1 N–H and O–H groups in total. The third-order valence-electron chi connectivity index (χ3n) is 4.70. The van der Waals surface area contributed by atoms with E-state index in [2.05, 4.69) is 66.3 Å². The fraction of sp³-hybridized carbons (Fsp3) is 0.647. The Labute approximate surface area is 131 Å². The summed E-state index contributed by atoms with van der Waals surface area (Å²) in [7, 11) is 1.82. The van der Waals surface area contributed by atoms with Crippen molar-refractivity contribution in [1.82, 2.24) is 5.32 Å². The minimum Gasteiger partial charge on any atom is -0.379 e.